The molecular formula is C20H30N2OS. The Balaban J connectivity index is 1.54. The smallest absolute Gasteiger partial charge is 0.235 e. The van der Waals surface area contributed by atoms with E-state index in [4.69, 9.17) is 0 Å². The number of nitrogens with zero attached hydrogens (tertiary/aromatic N) is 2. The number of hydrogen-bond acceptors (Lipinski definition) is 3. The monoisotopic (exact) mass is 346 g/mol. The third-order valence-corrected chi connectivity index (χ3v) is 5.93. The standard InChI is InChI=1S/C20H30N2OS/c1-16(2)12-18(24)19(23)22-11-9-20(15-22)8-10-21(14-20)13-17-6-4-3-5-7-17/h3-7,16,18,24H,8-15H2,1-2H3. The van der Waals surface area contributed by atoms with E-state index in [9.17, 15) is 4.79 Å². The summed E-state index contributed by atoms with van der Waals surface area (Å²) in [7, 11) is 0. The highest BCUT2D eigenvalue weighted by Crippen LogP contribution is 2.40. The Labute approximate surface area is 151 Å². The van der Waals surface area contributed by atoms with Gasteiger partial charge in [-0.25, -0.2) is 0 Å². The molecule has 0 N–H and O–H groups in total. The minimum absolute atomic E-state index is 0.137. The fraction of sp³-hybridized carbons (Fsp3) is 0.650. The number of amides is 1. The lowest BCUT2D eigenvalue weighted by atomic mass is 9.86. The van der Waals surface area contributed by atoms with E-state index in [1.54, 1.807) is 0 Å². The van der Waals surface area contributed by atoms with Crippen molar-refractivity contribution in [3.8, 4) is 0 Å². The molecule has 1 amide bonds. The molecular weight excluding hydrogens is 316 g/mol. The molecule has 0 bridgehead atoms. The van der Waals surface area contributed by atoms with Crippen molar-refractivity contribution < 1.29 is 4.79 Å². The summed E-state index contributed by atoms with van der Waals surface area (Å²) in [4.78, 5) is 17.3. The minimum atomic E-state index is -0.137. The van der Waals surface area contributed by atoms with Crippen LogP contribution >= 0.6 is 12.6 Å². The van der Waals surface area contributed by atoms with Gasteiger partial charge in [-0.05, 0) is 37.3 Å². The van der Waals surface area contributed by atoms with Crippen LogP contribution in [0.3, 0.4) is 0 Å². The fourth-order valence-corrected chi connectivity index (χ4v) is 4.80. The van der Waals surface area contributed by atoms with Crippen molar-refractivity contribution in [1.29, 1.82) is 0 Å². The zero-order valence-corrected chi connectivity index (χ0v) is 15.8. The van der Waals surface area contributed by atoms with Crippen molar-refractivity contribution in [1.82, 2.24) is 9.80 Å². The van der Waals surface area contributed by atoms with Gasteiger partial charge in [0.05, 0.1) is 5.25 Å². The van der Waals surface area contributed by atoms with E-state index in [0.717, 1.165) is 45.6 Å². The van der Waals surface area contributed by atoms with Gasteiger partial charge >= 0.3 is 0 Å². The molecule has 3 nitrogen and oxygen atoms in total. The molecule has 1 aromatic rings. The lowest BCUT2D eigenvalue weighted by Gasteiger charge is -2.26. The maximum absolute atomic E-state index is 12.6. The second kappa shape index (κ2) is 7.49. The molecule has 2 saturated heterocycles. The van der Waals surface area contributed by atoms with Crippen LogP contribution in [0.2, 0.25) is 0 Å². The van der Waals surface area contributed by atoms with Crippen LogP contribution in [0.1, 0.15) is 38.7 Å². The van der Waals surface area contributed by atoms with Gasteiger partial charge in [-0.1, -0.05) is 44.2 Å². The van der Waals surface area contributed by atoms with Gasteiger partial charge < -0.3 is 4.90 Å². The molecule has 0 aromatic heterocycles. The van der Waals surface area contributed by atoms with Crippen molar-refractivity contribution in [3.05, 3.63) is 35.9 Å². The molecule has 2 aliphatic heterocycles. The van der Waals surface area contributed by atoms with E-state index in [0.29, 0.717) is 11.3 Å². The van der Waals surface area contributed by atoms with Crippen molar-refractivity contribution in [2.75, 3.05) is 26.2 Å². The Hall–Kier alpha value is -1.00. The summed E-state index contributed by atoms with van der Waals surface area (Å²) in [5.41, 5.74) is 1.70. The zero-order chi connectivity index (χ0) is 17.2. The summed E-state index contributed by atoms with van der Waals surface area (Å²) in [5.74, 6) is 0.756. The average Bonchev–Trinajstić information content (AvgIpc) is 3.14. The van der Waals surface area contributed by atoms with Crippen LogP contribution in [0.5, 0.6) is 0 Å². The molecule has 4 heteroatoms. The molecule has 24 heavy (non-hydrogen) atoms. The van der Waals surface area contributed by atoms with Gasteiger partial charge in [0.2, 0.25) is 5.91 Å². The van der Waals surface area contributed by atoms with Crippen LogP contribution in [0.25, 0.3) is 0 Å². The van der Waals surface area contributed by atoms with E-state index in [1.807, 2.05) is 0 Å². The molecule has 1 spiro atoms. The molecule has 2 atom stereocenters. The van der Waals surface area contributed by atoms with Crippen molar-refractivity contribution in [2.24, 2.45) is 11.3 Å². The van der Waals surface area contributed by atoms with Crippen LogP contribution < -0.4 is 0 Å². The topological polar surface area (TPSA) is 23.6 Å². The Morgan fingerprint density at radius 2 is 1.88 bits per heavy atom. The largest absolute Gasteiger partial charge is 0.341 e. The van der Waals surface area contributed by atoms with Gasteiger partial charge in [0.15, 0.2) is 0 Å². The van der Waals surface area contributed by atoms with Gasteiger partial charge in [-0.15, -0.1) is 0 Å². The summed E-state index contributed by atoms with van der Waals surface area (Å²) >= 11 is 4.55. The van der Waals surface area contributed by atoms with Crippen LogP contribution in [0.4, 0.5) is 0 Å². The number of benzene rings is 1. The number of thiol groups is 1. The van der Waals surface area contributed by atoms with Crippen LogP contribution in [0, 0.1) is 11.3 Å². The van der Waals surface area contributed by atoms with Crippen molar-refractivity contribution in [2.45, 2.75) is 44.9 Å². The maximum Gasteiger partial charge on any atom is 0.235 e. The lowest BCUT2D eigenvalue weighted by Crippen LogP contribution is -2.38. The quantitative estimate of drug-likeness (QED) is 0.826. The highest BCUT2D eigenvalue weighted by Gasteiger charge is 2.45. The fourth-order valence-electron chi connectivity index (χ4n) is 4.22. The summed E-state index contributed by atoms with van der Waals surface area (Å²) in [6.45, 7) is 9.43. The molecule has 3 rings (SSSR count). The van der Waals surface area contributed by atoms with E-state index in [2.05, 4.69) is 66.6 Å². The van der Waals surface area contributed by atoms with Crippen LogP contribution in [-0.4, -0.2) is 47.1 Å². The Morgan fingerprint density at radius 1 is 1.17 bits per heavy atom. The SMILES string of the molecule is CC(C)CC(S)C(=O)N1CCC2(CCN(Cc3ccccc3)C2)C1. The van der Waals surface area contributed by atoms with E-state index in [-0.39, 0.29) is 11.2 Å². The molecule has 1 aromatic carbocycles. The lowest BCUT2D eigenvalue weighted by molar-refractivity contribution is -0.130. The molecule has 0 radical (unpaired) electrons. The van der Waals surface area contributed by atoms with Gasteiger partial charge in [0, 0.05) is 31.6 Å². The predicted octanol–water partition coefficient (Wildman–Crippen LogP) is 3.46. The Bertz CT molecular complexity index is 562. The molecule has 2 unspecified atom stereocenters. The van der Waals surface area contributed by atoms with Crippen LogP contribution in [0.15, 0.2) is 30.3 Å². The summed E-state index contributed by atoms with van der Waals surface area (Å²) in [6, 6.07) is 10.7. The Morgan fingerprint density at radius 3 is 2.58 bits per heavy atom. The second-order valence-corrected chi connectivity index (χ2v) is 8.72. The van der Waals surface area contributed by atoms with E-state index in [1.165, 1.54) is 12.0 Å². The van der Waals surface area contributed by atoms with E-state index >= 15 is 0 Å². The third-order valence-electron chi connectivity index (χ3n) is 5.50. The first-order chi connectivity index (χ1) is 11.5. The maximum atomic E-state index is 12.6. The number of carbonyl (C=O) groups excluding carboxylic acids is 1. The van der Waals surface area contributed by atoms with Crippen molar-refractivity contribution >= 4 is 18.5 Å². The van der Waals surface area contributed by atoms with Gasteiger partial charge in [-0.2, -0.15) is 12.6 Å². The summed E-state index contributed by atoms with van der Waals surface area (Å²) in [6.07, 6.45) is 3.23. The third kappa shape index (κ3) is 4.15. The summed E-state index contributed by atoms with van der Waals surface area (Å²) < 4.78 is 0. The molecule has 2 heterocycles. The first-order valence-corrected chi connectivity index (χ1v) is 9.72. The first kappa shape index (κ1) is 17.8. The highest BCUT2D eigenvalue weighted by atomic mass is 32.1. The van der Waals surface area contributed by atoms with Gasteiger partial charge in [0.25, 0.3) is 0 Å². The number of carbonyl (C=O) groups is 1. The molecule has 2 fully saturated rings. The average molecular weight is 347 g/mol. The summed E-state index contributed by atoms with van der Waals surface area (Å²) in [5, 5.41) is -0.137. The molecule has 2 aliphatic rings. The minimum Gasteiger partial charge on any atom is -0.341 e. The normalized spacial score (nSPS) is 25.8. The number of hydrogen-bond donors (Lipinski definition) is 1. The number of likely N-dealkylation sites (tertiary alicyclic amines) is 2. The first-order valence-electron chi connectivity index (χ1n) is 9.21. The highest BCUT2D eigenvalue weighted by molar-refractivity contribution is 7.81. The zero-order valence-electron chi connectivity index (χ0n) is 14.9. The molecule has 132 valence electrons. The van der Waals surface area contributed by atoms with Gasteiger partial charge in [-0.3, -0.25) is 9.69 Å². The van der Waals surface area contributed by atoms with Crippen LogP contribution in [-0.2, 0) is 11.3 Å². The van der Waals surface area contributed by atoms with Gasteiger partial charge in [0.1, 0.15) is 0 Å². The molecule has 0 aliphatic carbocycles. The van der Waals surface area contributed by atoms with Crippen molar-refractivity contribution in [3.63, 3.8) is 0 Å². The molecule has 0 saturated carbocycles. The second-order valence-electron chi connectivity index (χ2n) is 8.10. The Kier molecular flexibility index (Phi) is 5.56. The number of rotatable bonds is 5. The predicted molar refractivity (Wildman–Crippen MR) is 102 cm³/mol. The van der Waals surface area contributed by atoms with E-state index < -0.39 is 0 Å².